The third-order valence-corrected chi connectivity index (χ3v) is 3.51. The highest BCUT2D eigenvalue weighted by Gasteiger charge is 2.42. The molecule has 1 aromatic heterocycles. The summed E-state index contributed by atoms with van der Waals surface area (Å²) in [4.78, 5) is 18.5. The SMILES string of the molecule is Nc1nc(N)c2c(n1)N1Nc3c(cc(N(O)O)cc3[N+](=O)[O-])N1N2. The van der Waals surface area contributed by atoms with Crippen molar-refractivity contribution in [3.63, 3.8) is 0 Å². The molecule has 14 heteroatoms. The summed E-state index contributed by atoms with van der Waals surface area (Å²) in [5.74, 6) is 0.281. The molecule has 124 valence electrons. The molecule has 0 saturated heterocycles. The fourth-order valence-electron chi connectivity index (χ4n) is 2.51. The van der Waals surface area contributed by atoms with E-state index in [1.807, 2.05) is 0 Å². The first-order valence-electron chi connectivity index (χ1n) is 6.43. The Hall–Kier alpha value is -3.78. The van der Waals surface area contributed by atoms with Gasteiger partial charge >= 0.3 is 0 Å². The van der Waals surface area contributed by atoms with Gasteiger partial charge in [0.15, 0.2) is 11.5 Å². The molecule has 24 heavy (non-hydrogen) atoms. The maximum atomic E-state index is 11.3. The van der Waals surface area contributed by atoms with Gasteiger partial charge in [0.05, 0.1) is 4.92 Å². The first-order chi connectivity index (χ1) is 11.4. The van der Waals surface area contributed by atoms with Crippen LogP contribution < -0.4 is 37.8 Å². The normalized spacial score (nSPS) is 13.8. The number of fused-ring (bicyclic) bond motifs is 5. The number of anilines is 7. The van der Waals surface area contributed by atoms with E-state index in [1.165, 1.54) is 16.3 Å². The predicted octanol–water partition coefficient (Wildman–Crippen LogP) is 0.0430. The molecule has 4 rings (SSSR count). The Labute approximate surface area is 132 Å². The van der Waals surface area contributed by atoms with E-state index in [0.29, 0.717) is 5.69 Å². The molecule has 1 aromatic carbocycles. The number of rotatable bonds is 2. The lowest BCUT2D eigenvalue weighted by Gasteiger charge is -2.20. The third kappa shape index (κ3) is 1.71. The molecule has 0 amide bonds. The van der Waals surface area contributed by atoms with Crippen LogP contribution in [-0.4, -0.2) is 25.3 Å². The second-order valence-corrected chi connectivity index (χ2v) is 4.92. The van der Waals surface area contributed by atoms with Crippen molar-refractivity contribution in [3.8, 4) is 0 Å². The van der Waals surface area contributed by atoms with Crippen LogP contribution in [0, 0.1) is 10.1 Å². The largest absolute Gasteiger partial charge is 0.382 e. The van der Waals surface area contributed by atoms with Gasteiger partial charge in [-0.05, 0) is 6.07 Å². The monoisotopic (exact) mass is 334 g/mol. The van der Waals surface area contributed by atoms with Crippen molar-refractivity contribution in [2.75, 3.05) is 37.8 Å². The Bertz CT molecular complexity index is 886. The van der Waals surface area contributed by atoms with Gasteiger partial charge in [-0.25, -0.2) is 0 Å². The molecule has 14 nitrogen and oxygen atoms in total. The Morgan fingerprint density at radius 1 is 1.17 bits per heavy atom. The molecular formula is C10H10N10O4. The zero-order chi connectivity index (χ0) is 17.2. The van der Waals surface area contributed by atoms with Crippen molar-refractivity contribution in [1.29, 1.82) is 0 Å². The molecule has 2 aliphatic rings. The van der Waals surface area contributed by atoms with E-state index in [1.54, 1.807) is 0 Å². The van der Waals surface area contributed by atoms with Crippen molar-refractivity contribution in [1.82, 2.24) is 9.97 Å². The van der Waals surface area contributed by atoms with Gasteiger partial charge in [-0.1, -0.05) is 0 Å². The molecule has 0 saturated carbocycles. The molecule has 0 bridgehead atoms. The lowest BCUT2D eigenvalue weighted by Crippen LogP contribution is -2.40. The number of nitrogens with two attached hydrogens (primary N) is 2. The summed E-state index contributed by atoms with van der Waals surface area (Å²) in [6.45, 7) is 0. The smallest absolute Gasteiger partial charge is 0.298 e. The van der Waals surface area contributed by atoms with Crippen molar-refractivity contribution in [2.45, 2.75) is 0 Å². The van der Waals surface area contributed by atoms with Crippen LogP contribution in [-0.2, 0) is 0 Å². The molecular weight excluding hydrogens is 324 g/mol. The molecule has 0 unspecified atom stereocenters. The van der Waals surface area contributed by atoms with Gasteiger partial charge in [0.2, 0.25) is 11.8 Å². The number of hydrogen-bond donors (Lipinski definition) is 6. The number of hydrogen-bond acceptors (Lipinski definition) is 13. The van der Waals surface area contributed by atoms with Crippen LogP contribution in [0.2, 0.25) is 0 Å². The number of nitrogen functional groups attached to an aromatic ring is 2. The number of nitro benzene ring substituents is 1. The third-order valence-electron chi connectivity index (χ3n) is 3.51. The molecule has 2 aliphatic heterocycles. The number of nitrogens with zero attached hydrogens (tertiary/aromatic N) is 6. The summed E-state index contributed by atoms with van der Waals surface area (Å²) in [5.41, 5.74) is 17.2. The van der Waals surface area contributed by atoms with E-state index in [4.69, 9.17) is 11.5 Å². The quantitative estimate of drug-likeness (QED) is 0.318. The topological polar surface area (TPSA) is 195 Å². The predicted molar refractivity (Wildman–Crippen MR) is 82.2 cm³/mol. The summed E-state index contributed by atoms with van der Waals surface area (Å²) in [6, 6.07) is 2.31. The van der Waals surface area contributed by atoms with Crippen LogP contribution in [0.1, 0.15) is 0 Å². The molecule has 0 atom stereocenters. The number of aromatic nitrogens is 2. The van der Waals surface area contributed by atoms with Crippen LogP contribution in [0.25, 0.3) is 0 Å². The van der Waals surface area contributed by atoms with Gasteiger partial charge < -0.3 is 11.5 Å². The summed E-state index contributed by atoms with van der Waals surface area (Å²) in [6.07, 6.45) is 0. The van der Waals surface area contributed by atoms with E-state index < -0.39 is 4.92 Å². The average Bonchev–Trinajstić information content (AvgIpc) is 3.03. The zero-order valence-corrected chi connectivity index (χ0v) is 11.7. The van der Waals surface area contributed by atoms with Gasteiger partial charge in [-0.2, -0.15) is 20.2 Å². The molecule has 0 fully saturated rings. The standard InChI is InChI=1S/C10H10N10O4/c11-8-7-9(14-10(12)13-8)18-15-6-4(17(18)16-7)1-3(19(21)22)2-5(6)20(23)24/h1-2,15-16,21-22H,(H4,11,12,13,14). The van der Waals surface area contributed by atoms with E-state index in [9.17, 15) is 20.5 Å². The van der Waals surface area contributed by atoms with Crippen molar-refractivity contribution in [3.05, 3.63) is 22.2 Å². The highest BCUT2D eigenvalue weighted by molar-refractivity contribution is 5.97. The van der Waals surface area contributed by atoms with Gasteiger partial charge in [0.1, 0.15) is 17.1 Å². The zero-order valence-electron chi connectivity index (χ0n) is 11.7. The van der Waals surface area contributed by atoms with Crippen molar-refractivity contribution in [2.24, 2.45) is 0 Å². The number of hydrazine groups is 3. The summed E-state index contributed by atoms with van der Waals surface area (Å²) >= 11 is 0. The number of nitro groups is 1. The van der Waals surface area contributed by atoms with Gasteiger partial charge in [0, 0.05) is 6.07 Å². The number of nitrogens with one attached hydrogen (secondary N) is 2. The Balaban J connectivity index is 1.87. The van der Waals surface area contributed by atoms with Crippen LogP contribution >= 0.6 is 0 Å². The summed E-state index contributed by atoms with van der Waals surface area (Å²) in [7, 11) is 0. The van der Waals surface area contributed by atoms with E-state index in [2.05, 4.69) is 20.8 Å². The van der Waals surface area contributed by atoms with Crippen LogP contribution in [0.15, 0.2) is 12.1 Å². The number of benzene rings is 1. The maximum absolute atomic E-state index is 11.3. The van der Waals surface area contributed by atoms with Crippen molar-refractivity contribution >= 4 is 46.0 Å². The Morgan fingerprint density at radius 3 is 2.54 bits per heavy atom. The lowest BCUT2D eigenvalue weighted by atomic mass is 10.2. The van der Waals surface area contributed by atoms with Crippen LogP contribution in [0.3, 0.4) is 0 Å². The molecule has 3 heterocycles. The minimum absolute atomic E-state index is 0.0697. The fourth-order valence-corrected chi connectivity index (χ4v) is 2.51. The van der Waals surface area contributed by atoms with Gasteiger partial charge in [-0.15, -0.1) is 5.23 Å². The summed E-state index contributed by atoms with van der Waals surface area (Å²) in [5, 5.41) is 32.1. The van der Waals surface area contributed by atoms with Crippen LogP contribution in [0.5, 0.6) is 0 Å². The molecule has 8 N–H and O–H groups in total. The first-order valence-corrected chi connectivity index (χ1v) is 6.43. The second kappa shape index (κ2) is 4.37. The summed E-state index contributed by atoms with van der Waals surface area (Å²) < 4.78 is 0. The second-order valence-electron chi connectivity index (χ2n) is 4.92. The molecule has 0 aliphatic carbocycles. The first kappa shape index (κ1) is 13.9. The Morgan fingerprint density at radius 2 is 1.88 bits per heavy atom. The lowest BCUT2D eigenvalue weighted by molar-refractivity contribution is -0.383. The van der Waals surface area contributed by atoms with E-state index in [0.717, 1.165) is 6.07 Å². The van der Waals surface area contributed by atoms with E-state index in [-0.39, 0.29) is 45.6 Å². The van der Waals surface area contributed by atoms with Gasteiger partial charge in [0.25, 0.3) is 5.69 Å². The minimum atomic E-state index is -0.661. The van der Waals surface area contributed by atoms with Crippen LogP contribution in [0.4, 0.5) is 46.0 Å². The minimum Gasteiger partial charge on any atom is -0.382 e. The average molecular weight is 334 g/mol. The van der Waals surface area contributed by atoms with Crippen molar-refractivity contribution < 1.29 is 15.3 Å². The molecule has 0 spiro atoms. The molecule has 2 aromatic rings. The Kier molecular flexibility index (Phi) is 2.52. The fraction of sp³-hybridized carbons (Fsp3) is 0. The van der Waals surface area contributed by atoms with E-state index >= 15 is 0 Å². The van der Waals surface area contributed by atoms with Gasteiger partial charge in [-0.3, -0.25) is 31.4 Å². The highest BCUT2D eigenvalue weighted by Crippen LogP contribution is 2.49. The molecule has 0 radical (unpaired) electrons. The highest BCUT2D eigenvalue weighted by atomic mass is 16.8. The maximum Gasteiger partial charge on any atom is 0.298 e.